The molecule has 0 bridgehead atoms. The van der Waals surface area contributed by atoms with Crippen LogP contribution in [-0.4, -0.2) is 28.0 Å². The molecule has 6 nitrogen and oxygen atoms in total. The number of carbonyl (C=O) groups excluding carboxylic acids is 1. The molecule has 1 aliphatic rings. The highest BCUT2D eigenvalue weighted by Gasteiger charge is 2.60. The molecule has 5 N–H and O–H groups in total. The first-order valence-corrected chi connectivity index (χ1v) is 6.01. The van der Waals surface area contributed by atoms with Gasteiger partial charge in [-0.05, 0) is 0 Å². The summed E-state index contributed by atoms with van der Waals surface area (Å²) in [5.74, 6) is -0.286. The Morgan fingerprint density at radius 3 is 2.33 bits per heavy atom. The minimum absolute atomic E-state index is 0.0223. The van der Waals surface area contributed by atoms with Gasteiger partial charge in [0.2, 0.25) is 0 Å². The molecule has 6 heteroatoms. The highest BCUT2D eigenvalue weighted by atomic mass is 16.2. The fraction of sp³-hybridized carbons (Fsp3) is 0.667. The number of aromatic amines is 2. The maximum Gasteiger partial charge on any atom is 0.323 e. The number of aromatic nitrogens is 2. The molecule has 18 heavy (non-hydrogen) atoms. The molecule has 1 aliphatic carbocycles. The molecule has 0 spiro atoms. The van der Waals surface area contributed by atoms with Crippen LogP contribution in [-0.2, 0) is 0 Å². The molecule has 1 heterocycles. The number of H-pyrrole nitrogens is 2. The molecule has 0 atom stereocenters. The third-order valence-corrected chi connectivity index (χ3v) is 4.21. The fourth-order valence-electron chi connectivity index (χ4n) is 3.22. The van der Waals surface area contributed by atoms with E-state index in [0.29, 0.717) is 0 Å². The smallest absolute Gasteiger partial charge is 0.323 e. The van der Waals surface area contributed by atoms with Crippen molar-refractivity contribution in [2.45, 2.75) is 39.8 Å². The van der Waals surface area contributed by atoms with Gasteiger partial charge in [-0.15, -0.1) is 0 Å². The minimum Gasteiger partial charge on any atom is -0.347 e. The minimum atomic E-state index is -0.385. The number of rotatable bonds is 2. The number of nitrogens with one attached hydrogen (secondary N) is 3. The van der Waals surface area contributed by atoms with E-state index in [1.165, 1.54) is 6.20 Å². The molecule has 0 saturated heterocycles. The zero-order valence-corrected chi connectivity index (χ0v) is 11.1. The lowest BCUT2D eigenvalue weighted by Crippen LogP contribution is -2.76. The molecule has 0 aromatic carbocycles. The lowest BCUT2D eigenvalue weighted by molar-refractivity contribution is -0.0664. The first-order valence-electron chi connectivity index (χ1n) is 6.01. The Bertz CT molecular complexity index is 510. The average Bonchev–Trinajstić information content (AvgIpc) is 2.71. The quantitative estimate of drug-likeness (QED) is 0.604. The van der Waals surface area contributed by atoms with Crippen LogP contribution in [0, 0.1) is 10.8 Å². The molecule has 1 aromatic heterocycles. The van der Waals surface area contributed by atoms with Gasteiger partial charge in [0.05, 0.1) is 0 Å². The van der Waals surface area contributed by atoms with Gasteiger partial charge in [0.15, 0.2) is 0 Å². The molecule has 1 amide bonds. The van der Waals surface area contributed by atoms with Crippen molar-refractivity contribution in [2.24, 2.45) is 16.6 Å². The summed E-state index contributed by atoms with van der Waals surface area (Å²) in [5.41, 5.74) is 5.67. The zero-order chi connectivity index (χ0) is 13.7. The summed E-state index contributed by atoms with van der Waals surface area (Å²) in [6.07, 6.45) is 1.37. The number of carbonyl (C=O) groups is 1. The Hall–Kier alpha value is -1.56. The molecule has 0 radical (unpaired) electrons. The predicted octanol–water partition coefficient (Wildman–Crippen LogP) is 0.195. The van der Waals surface area contributed by atoms with Crippen LogP contribution < -0.4 is 16.7 Å². The van der Waals surface area contributed by atoms with Gasteiger partial charge in [-0.1, -0.05) is 27.7 Å². The lowest BCUT2D eigenvalue weighted by Gasteiger charge is -2.62. The molecule has 0 unspecified atom stereocenters. The van der Waals surface area contributed by atoms with E-state index in [-0.39, 0.29) is 40.2 Å². The average molecular weight is 252 g/mol. The van der Waals surface area contributed by atoms with Crippen molar-refractivity contribution in [3.63, 3.8) is 0 Å². The summed E-state index contributed by atoms with van der Waals surface area (Å²) in [6.45, 7) is 8.14. The Morgan fingerprint density at radius 1 is 1.33 bits per heavy atom. The van der Waals surface area contributed by atoms with Gasteiger partial charge in [0, 0.05) is 29.1 Å². The van der Waals surface area contributed by atoms with E-state index in [1.807, 2.05) is 27.7 Å². The predicted molar refractivity (Wildman–Crippen MR) is 68.2 cm³/mol. The second-order valence-electron chi connectivity index (χ2n) is 6.18. The van der Waals surface area contributed by atoms with E-state index in [1.54, 1.807) is 0 Å². The third kappa shape index (κ3) is 1.68. The number of hydrogen-bond acceptors (Lipinski definition) is 3. The van der Waals surface area contributed by atoms with Crippen LogP contribution in [0.15, 0.2) is 11.0 Å². The second kappa shape index (κ2) is 3.71. The Morgan fingerprint density at radius 2 is 1.89 bits per heavy atom. The highest BCUT2D eigenvalue weighted by Crippen LogP contribution is 2.52. The van der Waals surface area contributed by atoms with Crippen LogP contribution in [0.5, 0.6) is 0 Å². The standard InChI is InChI=1S/C12H20N4O2/c1-11(2)8(13)12(3,4)9(11)16-7(17)6-5-14-10(18)15-6/h5,8-9H,13H2,1-4H3,(H,16,17)(H2,14,15,18). The SMILES string of the molecule is CC1(C)C(N)C(C)(C)C1NC(=O)c1c[nH]c(=O)[nH]1. The van der Waals surface area contributed by atoms with Gasteiger partial charge in [-0.25, -0.2) is 4.79 Å². The number of amides is 1. The van der Waals surface area contributed by atoms with Gasteiger partial charge in [-0.3, -0.25) is 4.79 Å². The van der Waals surface area contributed by atoms with Crippen LogP contribution >= 0.6 is 0 Å². The number of hydrogen-bond donors (Lipinski definition) is 4. The van der Waals surface area contributed by atoms with E-state index in [0.717, 1.165) is 0 Å². The van der Waals surface area contributed by atoms with Gasteiger partial charge in [-0.2, -0.15) is 0 Å². The van der Waals surface area contributed by atoms with Crippen molar-refractivity contribution >= 4 is 5.91 Å². The first kappa shape index (κ1) is 12.9. The second-order valence-corrected chi connectivity index (χ2v) is 6.18. The first-order chi connectivity index (χ1) is 8.17. The maximum atomic E-state index is 12.0. The number of imidazole rings is 1. The molecular formula is C12H20N4O2. The Labute approximate surface area is 105 Å². The fourth-order valence-corrected chi connectivity index (χ4v) is 3.22. The van der Waals surface area contributed by atoms with Crippen LogP contribution in [0.4, 0.5) is 0 Å². The van der Waals surface area contributed by atoms with Crippen molar-refractivity contribution in [1.29, 1.82) is 0 Å². The summed E-state index contributed by atoms with van der Waals surface area (Å²) in [7, 11) is 0. The van der Waals surface area contributed by atoms with Crippen molar-refractivity contribution in [2.75, 3.05) is 0 Å². The van der Waals surface area contributed by atoms with E-state index >= 15 is 0 Å². The summed E-state index contributed by atoms with van der Waals surface area (Å²) in [6, 6.07) is 0.00600. The summed E-state index contributed by atoms with van der Waals surface area (Å²) >= 11 is 0. The van der Waals surface area contributed by atoms with Crippen LogP contribution in [0.3, 0.4) is 0 Å². The molecule has 1 aromatic rings. The molecule has 2 rings (SSSR count). The van der Waals surface area contributed by atoms with Crippen LogP contribution in [0.25, 0.3) is 0 Å². The van der Waals surface area contributed by atoms with Crippen molar-refractivity contribution in [1.82, 2.24) is 15.3 Å². The van der Waals surface area contributed by atoms with E-state index in [9.17, 15) is 9.59 Å². The molecular weight excluding hydrogens is 232 g/mol. The van der Waals surface area contributed by atoms with Crippen molar-refractivity contribution < 1.29 is 4.79 Å². The van der Waals surface area contributed by atoms with Crippen molar-refractivity contribution in [3.05, 3.63) is 22.4 Å². The topological polar surface area (TPSA) is 104 Å². The largest absolute Gasteiger partial charge is 0.347 e. The van der Waals surface area contributed by atoms with Gasteiger partial charge >= 0.3 is 5.69 Å². The van der Waals surface area contributed by atoms with Crippen molar-refractivity contribution in [3.8, 4) is 0 Å². The van der Waals surface area contributed by atoms with Crippen LogP contribution in [0.2, 0.25) is 0 Å². The van der Waals surface area contributed by atoms with Crippen LogP contribution in [0.1, 0.15) is 38.2 Å². The Balaban J connectivity index is 2.15. The Kier molecular flexibility index (Phi) is 2.66. The molecule has 1 fully saturated rings. The normalized spacial score (nSPS) is 28.5. The maximum absolute atomic E-state index is 12.0. The van der Waals surface area contributed by atoms with E-state index in [2.05, 4.69) is 15.3 Å². The third-order valence-electron chi connectivity index (χ3n) is 4.21. The molecule has 0 aliphatic heterocycles. The zero-order valence-electron chi connectivity index (χ0n) is 11.1. The lowest BCUT2D eigenvalue weighted by atomic mass is 9.48. The van der Waals surface area contributed by atoms with Gasteiger partial charge in [0.25, 0.3) is 5.91 Å². The summed E-state index contributed by atoms with van der Waals surface area (Å²) in [5, 5.41) is 2.95. The van der Waals surface area contributed by atoms with E-state index in [4.69, 9.17) is 5.73 Å². The summed E-state index contributed by atoms with van der Waals surface area (Å²) in [4.78, 5) is 27.8. The summed E-state index contributed by atoms with van der Waals surface area (Å²) < 4.78 is 0. The number of nitrogens with two attached hydrogens (primary N) is 1. The van der Waals surface area contributed by atoms with Gasteiger partial charge < -0.3 is 21.0 Å². The van der Waals surface area contributed by atoms with E-state index < -0.39 is 0 Å². The highest BCUT2D eigenvalue weighted by molar-refractivity contribution is 5.92. The monoisotopic (exact) mass is 252 g/mol. The molecule has 100 valence electrons. The van der Waals surface area contributed by atoms with Gasteiger partial charge in [0.1, 0.15) is 5.69 Å². The molecule has 1 saturated carbocycles.